The Morgan fingerprint density at radius 1 is 1.37 bits per heavy atom. The number of nitrogens with one attached hydrogen (secondary N) is 1. The fourth-order valence-corrected chi connectivity index (χ4v) is 4.26. The van der Waals surface area contributed by atoms with E-state index in [0.29, 0.717) is 18.0 Å². The van der Waals surface area contributed by atoms with Gasteiger partial charge in [-0.2, -0.15) is 0 Å². The maximum absolute atomic E-state index is 3.79. The zero-order valence-electron chi connectivity index (χ0n) is 11.8. The molecule has 0 amide bonds. The Labute approximate surface area is 133 Å². The summed E-state index contributed by atoms with van der Waals surface area (Å²) in [7, 11) is 2.21. The smallest absolute Gasteiger partial charge is 0.0305 e. The van der Waals surface area contributed by atoms with Crippen molar-refractivity contribution in [2.45, 2.75) is 32.4 Å². The van der Waals surface area contributed by atoms with Crippen LogP contribution in [0.25, 0.3) is 0 Å². The summed E-state index contributed by atoms with van der Waals surface area (Å²) in [4.78, 5) is 2.42. The molecule has 1 aliphatic rings. The third-order valence-corrected chi connectivity index (χ3v) is 5.18. The van der Waals surface area contributed by atoms with Gasteiger partial charge in [0.25, 0.3) is 0 Å². The van der Waals surface area contributed by atoms with E-state index in [-0.39, 0.29) is 0 Å². The second kappa shape index (κ2) is 6.70. The van der Waals surface area contributed by atoms with Crippen LogP contribution < -0.4 is 5.32 Å². The van der Waals surface area contributed by atoms with E-state index in [1.807, 2.05) is 0 Å². The molecule has 2 nitrogen and oxygen atoms in total. The molecule has 3 unspecified atom stereocenters. The van der Waals surface area contributed by atoms with Crippen molar-refractivity contribution in [2.24, 2.45) is 5.92 Å². The van der Waals surface area contributed by atoms with E-state index in [0.717, 1.165) is 4.47 Å². The summed E-state index contributed by atoms with van der Waals surface area (Å²) in [6.45, 7) is 6.97. The molecular formula is C15H22Br2N2. The first-order valence-corrected chi connectivity index (χ1v) is 8.45. The molecular weight excluding hydrogens is 368 g/mol. The molecule has 1 aromatic carbocycles. The van der Waals surface area contributed by atoms with Crippen molar-refractivity contribution in [3.63, 3.8) is 0 Å². The molecule has 0 aliphatic carbocycles. The van der Waals surface area contributed by atoms with Crippen LogP contribution in [0.4, 0.5) is 0 Å². The largest absolute Gasteiger partial charge is 0.307 e. The maximum atomic E-state index is 3.79. The van der Waals surface area contributed by atoms with Crippen molar-refractivity contribution in [3.05, 3.63) is 32.7 Å². The molecule has 19 heavy (non-hydrogen) atoms. The number of rotatable bonds is 3. The van der Waals surface area contributed by atoms with E-state index < -0.39 is 0 Å². The van der Waals surface area contributed by atoms with Crippen molar-refractivity contribution in [1.29, 1.82) is 0 Å². The predicted octanol–water partition coefficient (Wildman–Crippen LogP) is 4.20. The molecule has 1 aliphatic heterocycles. The highest BCUT2D eigenvalue weighted by molar-refractivity contribution is 9.11. The lowest BCUT2D eigenvalue weighted by Crippen LogP contribution is -2.47. The second-order valence-corrected chi connectivity index (χ2v) is 7.46. The molecule has 1 heterocycles. The molecule has 1 aromatic rings. The third kappa shape index (κ3) is 4.03. The van der Waals surface area contributed by atoms with Crippen LogP contribution in [0.2, 0.25) is 0 Å². The van der Waals surface area contributed by atoms with Crippen LogP contribution in [0.15, 0.2) is 27.1 Å². The average Bonchev–Trinajstić information content (AvgIpc) is 2.32. The zero-order valence-corrected chi connectivity index (χ0v) is 15.0. The van der Waals surface area contributed by atoms with Crippen molar-refractivity contribution in [1.82, 2.24) is 10.2 Å². The summed E-state index contributed by atoms with van der Waals surface area (Å²) in [5.41, 5.74) is 1.33. The number of piperidine rings is 1. The highest BCUT2D eigenvalue weighted by Gasteiger charge is 2.25. The van der Waals surface area contributed by atoms with Gasteiger partial charge >= 0.3 is 0 Å². The maximum Gasteiger partial charge on any atom is 0.0305 e. The van der Waals surface area contributed by atoms with Crippen LogP contribution in [0.1, 0.15) is 31.9 Å². The Morgan fingerprint density at radius 2 is 2.11 bits per heavy atom. The van der Waals surface area contributed by atoms with Gasteiger partial charge in [0.1, 0.15) is 0 Å². The van der Waals surface area contributed by atoms with Gasteiger partial charge in [-0.3, -0.25) is 0 Å². The fraction of sp³-hybridized carbons (Fsp3) is 0.600. The van der Waals surface area contributed by atoms with Crippen LogP contribution in [0.3, 0.4) is 0 Å². The van der Waals surface area contributed by atoms with Gasteiger partial charge in [-0.05, 0) is 50.6 Å². The van der Waals surface area contributed by atoms with Crippen LogP contribution in [0, 0.1) is 5.92 Å². The van der Waals surface area contributed by atoms with E-state index in [4.69, 9.17) is 0 Å². The minimum absolute atomic E-state index is 0.373. The molecule has 4 heteroatoms. The zero-order chi connectivity index (χ0) is 14.0. The Bertz CT molecular complexity index is 436. The van der Waals surface area contributed by atoms with E-state index in [2.05, 4.69) is 81.2 Å². The summed E-state index contributed by atoms with van der Waals surface area (Å²) in [5, 5.41) is 3.79. The molecule has 106 valence electrons. The van der Waals surface area contributed by atoms with Gasteiger partial charge in [-0.1, -0.05) is 44.8 Å². The SMILES string of the molecule is CC(NC1CCN(C)CC1C)c1ccc(Br)cc1Br. The third-order valence-electron chi connectivity index (χ3n) is 4.00. The Kier molecular flexibility index (Phi) is 5.46. The van der Waals surface area contributed by atoms with Gasteiger partial charge in [0, 0.05) is 27.6 Å². The lowest BCUT2D eigenvalue weighted by Gasteiger charge is -2.37. The first-order valence-electron chi connectivity index (χ1n) is 6.87. The summed E-state index contributed by atoms with van der Waals surface area (Å²) in [6.07, 6.45) is 1.23. The van der Waals surface area contributed by atoms with E-state index >= 15 is 0 Å². The topological polar surface area (TPSA) is 15.3 Å². The summed E-state index contributed by atoms with van der Waals surface area (Å²) in [5.74, 6) is 0.704. The lowest BCUT2D eigenvalue weighted by atomic mass is 9.93. The number of hydrogen-bond acceptors (Lipinski definition) is 2. The van der Waals surface area contributed by atoms with Crippen LogP contribution >= 0.6 is 31.9 Å². The Hall–Kier alpha value is 0.1000. The van der Waals surface area contributed by atoms with Gasteiger partial charge in [-0.25, -0.2) is 0 Å². The molecule has 1 saturated heterocycles. The van der Waals surface area contributed by atoms with Crippen LogP contribution in [0.5, 0.6) is 0 Å². The van der Waals surface area contributed by atoms with Gasteiger partial charge in [0.05, 0.1) is 0 Å². The van der Waals surface area contributed by atoms with Gasteiger partial charge < -0.3 is 10.2 Å². The molecule has 0 radical (unpaired) electrons. The number of benzene rings is 1. The van der Waals surface area contributed by atoms with Crippen molar-refractivity contribution >= 4 is 31.9 Å². The minimum atomic E-state index is 0.373. The molecule has 3 atom stereocenters. The van der Waals surface area contributed by atoms with Gasteiger partial charge in [-0.15, -0.1) is 0 Å². The first-order chi connectivity index (χ1) is 8.97. The predicted molar refractivity (Wildman–Crippen MR) is 88.5 cm³/mol. The van der Waals surface area contributed by atoms with Gasteiger partial charge in [0.15, 0.2) is 0 Å². The summed E-state index contributed by atoms with van der Waals surface area (Å²) in [6, 6.07) is 7.40. The second-order valence-electron chi connectivity index (χ2n) is 5.69. The highest BCUT2D eigenvalue weighted by atomic mass is 79.9. The molecule has 1 N–H and O–H groups in total. The molecule has 0 saturated carbocycles. The Morgan fingerprint density at radius 3 is 2.74 bits per heavy atom. The molecule has 2 rings (SSSR count). The quantitative estimate of drug-likeness (QED) is 0.833. The number of halogens is 2. The lowest BCUT2D eigenvalue weighted by molar-refractivity contribution is 0.168. The van der Waals surface area contributed by atoms with Crippen LogP contribution in [-0.4, -0.2) is 31.1 Å². The molecule has 0 bridgehead atoms. The van der Waals surface area contributed by atoms with Gasteiger partial charge in [0.2, 0.25) is 0 Å². The van der Waals surface area contributed by atoms with Crippen molar-refractivity contribution < 1.29 is 0 Å². The number of likely N-dealkylation sites (tertiary alicyclic amines) is 1. The number of nitrogens with zero attached hydrogens (tertiary/aromatic N) is 1. The first kappa shape index (κ1) is 15.5. The van der Waals surface area contributed by atoms with Crippen molar-refractivity contribution in [2.75, 3.05) is 20.1 Å². The van der Waals surface area contributed by atoms with E-state index in [1.54, 1.807) is 0 Å². The molecule has 0 aromatic heterocycles. The average molecular weight is 390 g/mol. The summed E-state index contributed by atoms with van der Waals surface area (Å²) < 4.78 is 2.28. The fourth-order valence-electron chi connectivity index (χ4n) is 2.87. The standard InChI is InChI=1S/C15H22Br2N2/c1-10-9-19(3)7-6-15(10)18-11(2)13-5-4-12(16)8-14(13)17/h4-5,8,10-11,15,18H,6-7,9H2,1-3H3. The van der Waals surface area contributed by atoms with Crippen LogP contribution in [-0.2, 0) is 0 Å². The summed E-state index contributed by atoms with van der Waals surface area (Å²) >= 11 is 7.16. The Balaban J connectivity index is 2.02. The molecule has 1 fully saturated rings. The highest BCUT2D eigenvalue weighted by Crippen LogP contribution is 2.28. The number of hydrogen-bond donors (Lipinski definition) is 1. The van der Waals surface area contributed by atoms with Crippen molar-refractivity contribution in [3.8, 4) is 0 Å². The van der Waals surface area contributed by atoms with E-state index in [9.17, 15) is 0 Å². The normalized spacial score (nSPS) is 26.4. The molecule has 0 spiro atoms. The monoisotopic (exact) mass is 388 g/mol. The van der Waals surface area contributed by atoms with E-state index in [1.165, 1.54) is 29.5 Å². The minimum Gasteiger partial charge on any atom is -0.307 e.